The summed E-state index contributed by atoms with van der Waals surface area (Å²) in [4.78, 5) is 23.0. The molecule has 0 aliphatic rings. The Morgan fingerprint density at radius 1 is 1.50 bits per heavy atom. The highest BCUT2D eigenvalue weighted by molar-refractivity contribution is 6.03. The van der Waals surface area contributed by atoms with Crippen molar-refractivity contribution in [3.8, 4) is 0 Å². The molecule has 92 valence electrons. The number of nitrogens with zero attached hydrogens (tertiary/aromatic N) is 2. The van der Waals surface area contributed by atoms with Crippen molar-refractivity contribution in [2.45, 2.75) is 0 Å². The smallest absolute Gasteiger partial charge is 0.258 e. The first kappa shape index (κ1) is 12.0. The minimum atomic E-state index is -0.180. The standard InChI is InChI=1S/C13H14N4O/c1-4-8-9(7-14-2)11-10(17-12(8)15-3)5-6-16-13(11)18/h4-7H,1H2,2-3H3,(H,15,17)(H,16,18)/b14-7-. The number of nitrogens with one attached hydrogen (secondary N) is 2. The van der Waals surface area contributed by atoms with E-state index in [9.17, 15) is 4.79 Å². The molecule has 0 unspecified atom stereocenters. The van der Waals surface area contributed by atoms with E-state index in [2.05, 4.69) is 26.9 Å². The van der Waals surface area contributed by atoms with Gasteiger partial charge in [0.15, 0.2) is 0 Å². The number of aliphatic imine (C=N–C) groups is 1. The van der Waals surface area contributed by atoms with Crippen molar-refractivity contribution in [2.24, 2.45) is 4.99 Å². The quantitative estimate of drug-likeness (QED) is 0.804. The lowest BCUT2D eigenvalue weighted by atomic mass is 10.0. The summed E-state index contributed by atoms with van der Waals surface area (Å²) in [6.07, 6.45) is 4.90. The zero-order valence-corrected chi connectivity index (χ0v) is 10.3. The first-order valence-electron chi connectivity index (χ1n) is 5.50. The fraction of sp³-hybridized carbons (Fsp3) is 0.154. The molecule has 0 aliphatic carbocycles. The minimum absolute atomic E-state index is 0.180. The van der Waals surface area contributed by atoms with Gasteiger partial charge in [-0.3, -0.25) is 9.79 Å². The van der Waals surface area contributed by atoms with E-state index in [0.717, 1.165) is 11.1 Å². The SMILES string of the molecule is C=Cc1c(NC)nc2cc[nH]c(=O)c2c1/C=N\C. The molecule has 0 saturated carbocycles. The number of hydrogen-bond donors (Lipinski definition) is 2. The van der Waals surface area contributed by atoms with Gasteiger partial charge in [0.25, 0.3) is 5.56 Å². The summed E-state index contributed by atoms with van der Waals surface area (Å²) in [6, 6.07) is 1.76. The molecule has 5 nitrogen and oxygen atoms in total. The van der Waals surface area contributed by atoms with Crippen molar-refractivity contribution < 1.29 is 0 Å². The van der Waals surface area contributed by atoms with Crippen LogP contribution in [0.15, 0.2) is 28.6 Å². The molecule has 0 aromatic carbocycles. The molecule has 0 aliphatic heterocycles. The molecule has 18 heavy (non-hydrogen) atoms. The Balaban J connectivity index is 3.03. The lowest BCUT2D eigenvalue weighted by molar-refractivity contribution is 1.24. The molecule has 0 saturated heterocycles. The molecule has 0 bridgehead atoms. The van der Waals surface area contributed by atoms with Gasteiger partial charge in [0.2, 0.25) is 0 Å². The molecule has 2 N–H and O–H groups in total. The van der Waals surface area contributed by atoms with Gasteiger partial charge in [-0.25, -0.2) is 4.98 Å². The molecular formula is C13H14N4O. The molecule has 2 heterocycles. The normalized spacial score (nSPS) is 11.0. The number of aromatic amines is 1. The zero-order valence-electron chi connectivity index (χ0n) is 10.3. The van der Waals surface area contributed by atoms with E-state index in [0.29, 0.717) is 16.7 Å². The van der Waals surface area contributed by atoms with Crippen LogP contribution >= 0.6 is 0 Å². The second-order valence-corrected chi connectivity index (χ2v) is 3.70. The molecular weight excluding hydrogens is 228 g/mol. The van der Waals surface area contributed by atoms with Crippen molar-refractivity contribution >= 4 is 29.0 Å². The summed E-state index contributed by atoms with van der Waals surface area (Å²) in [5.41, 5.74) is 1.94. The van der Waals surface area contributed by atoms with E-state index in [1.54, 1.807) is 38.6 Å². The monoisotopic (exact) mass is 242 g/mol. The summed E-state index contributed by atoms with van der Waals surface area (Å²) < 4.78 is 0. The first-order chi connectivity index (χ1) is 8.72. The number of hydrogen-bond acceptors (Lipinski definition) is 4. The molecule has 2 aromatic rings. The Morgan fingerprint density at radius 2 is 2.28 bits per heavy atom. The highest BCUT2D eigenvalue weighted by atomic mass is 16.1. The van der Waals surface area contributed by atoms with Crippen LogP contribution in [0.4, 0.5) is 5.82 Å². The van der Waals surface area contributed by atoms with Crippen LogP contribution in [-0.2, 0) is 0 Å². The fourth-order valence-corrected chi connectivity index (χ4v) is 1.92. The molecule has 0 fully saturated rings. The maximum Gasteiger partial charge on any atom is 0.258 e. The van der Waals surface area contributed by atoms with Gasteiger partial charge in [-0.05, 0) is 6.07 Å². The van der Waals surface area contributed by atoms with E-state index in [-0.39, 0.29) is 5.56 Å². The van der Waals surface area contributed by atoms with Gasteiger partial charge in [-0.15, -0.1) is 0 Å². The lowest BCUT2D eigenvalue weighted by Gasteiger charge is -2.10. The molecule has 2 aromatic heterocycles. The van der Waals surface area contributed by atoms with Gasteiger partial charge in [0, 0.05) is 37.6 Å². The van der Waals surface area contributed by atoms with Crippen LogP contribution in [0.1, 0.15) is 11.1 Å². The highest BCUT2D eigenvalue weighted by Gasteiger charge is 2.12. The van der Waals surface area contributed by atoms with Crippen LogP contribution < -0.4 is 10.9 Å². The van der Waals surface area contributed by atoms with Crippen LogP contribution in [0.3, 0.4) is 0 Å². The van der Waals surface area contributed by atoms with E-state index in [1.807, 2.05) is 0 Å². The maximum absolute atomic E-state index is 11.9. The van der Waals surface area contributed by atoms with Crippen LogP contribution in [0.25, 0.3) is 17.0 Å². The molecule has 5 heteroatoms. The highest BCUT2D eigenvalue weighted by Crippen LogP contribution is 2.23. The van der Waals surface area contributed by atoms with E-state index >= 15 is 0 Å². The number of H-pyrrole nitrogens is 1. The Bertz CT molecular complexity index is 685. The zero-order chi connectivity index (χ0) is 13.1. The topological polar surface area (TPSA) is 70.1 Å². The molecule has 0 spiro atoms. The van der Waals surface area contributed by atoms with Gasteiger partial charge in [-0.2, -0.15) is 0 Å². The predicted molar refractivity (Wildman–Crippen MR) is 75.5 cm³/mol. The van der Waals surface area contributed by atoms with E-state index < -0.39 is 0 Å². The van der Waals surface area contributed by atoms with Gasteiger partial charge < -0.3 is 10.3 Å². The van der Waals surface area contributed by atoms with Crippen molar-refractivity contribution in [1.29, 1.82) is 0 Å². The maximum atomic E-state index is 11.9. The van der Waals surface area contributed by atoms with Gasteiger partial charge in [-0.1, -0.05) is 12.7 Å². The van der Waals surface area contributed by atoms with Crippen molar-refractivity contribution in [3.05, 3.63) is 40.3 Å². The Labute approximate surface area is 104 Å². The van der Waals surface area contributed by atoms with Crippen molar-refractivity contribution in [2.75, 3.05) is 19.4 Å². The fourth-order valence-electron chi connectivity index (χ4n) is 1.92. The first-order valence-corrected chi connectivity index (χ1v) is 5.50. The summed E-state index contributed by atoms with van der Waals surface area (Å²) in [6.45, 7) is 3.77. The lowest BCUT2D eigenvalue weighted by Crippen LogP contribution is -2.11. The van der Waals surface area contributed by atoms with Crippen LogP contribution in [-0.4, -0.2) is 30.3 Å². The van der Waals surface area contributed by atoms with E-state index in [1.165, 1.54) is 0 Å². The number of anilines is 1. The minimum Gasteiger partial charge on any atom is -0.373 e. The number of fused-ring (bicyclic) bond motifs is 1. The number of aromatic nitrogens is 2. The van der Waals surface area contributed by atoms with Gasteiger partial charge >= 0.3 is 0 Å². The summed E-state index contributed by atoms with van der Waals surface area (Å²) >= 11 is 0. The average Bonchev–Trinajstić information content (AvgIpc) is 2.38. The third-order valence-corrected chi connectivity index (χ3v) is 2.68. The average molecular weight is 242 g/mol. The Hall–Kier alpha value is -2.43. The molecule has 0 amide bonds. The third kappa shape index (κ3) is 1.79. The molecule has 0 radical (unpaired) electrons. The third-order valence-electron chi connectivity index (χ3n) is 2.68. The molecule has 0 atom stereocenters. The van der Waals surface area contributed by atoms with Crippen molar-refractivity contribution in [3.63, 3.8) is 0 Å². The van der Waals surface area contributed by atoms with E-state index in [4.69, 9.17) is 0 Å². The Morgan fingerprint density at radius 3 is 2.89 bits per heavy atom. The number of rotatable bonds is 3. The van der Waals surface area contributed by atoms with Crippen LogP contribution in [0.5, 0.6) is 0 Å². The number of pyridine rings is 2. The summed E-state index contributed by atoms with van der Waals surface area (Å²) in [5.74, 6) is 0.679. The second kappa shape index (κ2) is 4.83. The largest absolute Gasteiger partial charge is 0.373 e. The predicted octanol–water partition coefficient (Wildman–Crippen LogP) is 1.66. The second-order valence-electron chi connectivity index (χ2n) is 3.70. The summed E-state index contributed by atoms with van der Waals surface area (Å²) in [5, 5.41) is 3.53. The summed E-state index contributed by atoms with van der Waals surface area (Å²) in [7, 11) is 3.44. The van der Waals surface area contributed by atoms with Gasteiger partial charge in [0.1, 0.15) is 5.82 Å². The van der Waals surface area contributed by atoms with Crippen LogP contribution in [0.2, 0.25) is 0 Å². The van der Waals surface area contributed by atoms with Crippen molar-refractivity contribution in [1.82, 2.24) is 9.97 Å². The van der Waals surface area contributed by atoms with Crippen LogP contribution in [0, 0.1) is 0 Å². The Kier molecular flexibility index (Phi) is 3.23. The molecule has 2 rings (SSSR count). The van der Waals surface area contributed by atoms with Gasteiger partial charge in [0.05, 0.1) is 10.9 Å².